The first kappa shape index (κ1) is 39.7. The molecule has 5 amide bonds. The molecule has 4 aromatic carbocycles. The van der Waals surface area contributed by atoms with E-state index in [4.69, 9.17) is 9.73 Å². The van der Waals surface area contributed by atoms with Gasteiger partial charge in [-0.15, -0.1) is 0 Å². The molecule has 1 fully saturated rings. The number of nitrogens with zero attached hydrogens (tertiary/aromatic N) is 3. The van der Waals surface area contributed by atoms with Crippen LogP contribution in [0.4, 0.5) is 16.2 Å². The molecule has 0 aromatic heterocycles. The average Bonchev–Trinajstić information content (AvgIpc) is 3.31. The number of nitrogens with one attached hydrogen (secondary N) is 4. The number of likely N-dealkylation sites (tertiary alicyclic amines) is 1. The Balaban J connectivity index is 0.980. The number of urea groups is 1. The van der Waals surface area contributed by atoms with Crippen molar-refractivity contribution in [1.29, 1.82) is 0 Å². The summed E-state index contributed by atoms with van der Waals surface area (Å²) in [6, 6.07) is 31.5. The summed E-state index contributed by atoms with van der Waals surface area (Å²) >= 11 is 0. The molecule has 2 aliphatic rings. The number of hydrogen-bond donors (Lipinski definition) is 4. The molecule has 0 spiro atoms. The van der Waals surface area contributed by atoms with Crippen molar-refractivity contribution in [3.05, 3.63) is 125 Å². The Kier molecular flexibility index (Phi) is 14.2. The van der Waals surface area contributed by atoms with Crippen LogP contribution in [0.25, 0.3) is 0 Å². The van der Waals surface area contributed by atoms with Gasteiger partial charge in [-0.2, -0.15) is 0 Å². The van der Waals surface area contributed by atoms with Gasteiger partial charge in [0.1, 0.15) is 12.3 Å². The van der Waals surface area contributed by atoms with Gasteiger partial charge in [0.2, 0.25) is 18.0 Å². The molecule has 0 radical (unpaired) electrons. The maximum absolute atomic E-state index is 14.1. The number of carbonyl (C=O) groups excluding carboxylic acids is 4. The van der Waals surface area contributed by atoms with Crippen molar-refractivity contribution in [2.24, 2.45) is 4.99 Å². The third-order valence-corrected chi connectivity index (χ3v) is 9.67. The number of amides is 5. The molecular formula is C44H51N7O5. The lowest BCUT2D eigenvalue weighted by atomic mass is 10.0. The number of fused-ring (bicyclic) bond motifs is 1. The Hall–Kier alpha value is -6.01. The molecule has 292 valence electrons. The van der Waals surface area contributed by atoms with Gasteiger partial charge in [0.25, 0.3) is 5.91 Å². The van der Waals surface area contributed by atoms with Crippen LogP contribution in [0.1, 0.15) is 60.8 Å². The molecular weight excluding hydrogens is 707 g/mol. The van der Waals surface area contributed by atoms with Crippen LogP contribution < -0.4 is 30.9 Å². The molecule has 0 saturated carbocycles. The Morgan fingerprint density at radius 2 is 1.55 bits per heavy atom. The van der Waals surface area contributed by atoms with Crippen LogP contribution in [-0.4, -0.2) is 79.9 Å². The van der Waals surface area contributed by atoms with Crippen LogP contribution in [0, 0.1) is 6.92 Å². The minimum atomic E-state index is -1.32. The van der Waals surface area contributed by atoms with Gasteiger partial charge in [0.05, 0.1) is 18.0 Å². The lowest BCUT2D eigenvalue weighted by Gasteiger charge is -2.26. The summed E-state index contributed by atoms with van der Waals surface area (Å²) in [6.45, 7) is 6.07. The Labute approximate surface area is 328 Å². The van der Waals surface area contributed by atoms with Crippen LogP contribution in [0.2, 0.25) is 0 Å². The summed E-state index contributed by atoms with van der Waals surface area (Å²) in [4.78, 5) is 61.7. The number of benzene rings is 4. The van der Waals surface area contributed by atoms with E-state index in [1.54, 1.807) is 18.2 Å². The van der Waals surface area contributed by atoms with E-state index in [0.29, 0.717) is 48.6 Å². The average molecular weight is 758 g/mol. The van der Waals surface area contributed by atoms with Gasteiger partial charge in [-0.3, -0.25) is 24.2 Å². The van der Waals surface area contributed by atoms with Crippen LogP contribution in [-0.2, 0) is 20.9 Å². The third-order valence-electron chi connectivity index (χ3n) is 9.67. The monoisotopic (exact) mass is 757 g/mol. The second kappa shape index (κ2) is 20.1. The molecule has 4 N–H and O–H groups in total. The number of ether oxygens (including phenoxy) is 1. The van der Waals surface area contributed by atoms with Gasteiger partial charge in [-0.05, 0) is 87.2 Å². The Morgan fingerprint density at radius 3 is 2.38 bits per heavy atom. The van der Waals surface area contributed by atoms with Crippen LogP contribution in [0.15, 0.2) is 108 Å². The summed E-state index contributed by atoms with van der Waals surface area (Å²) in [5, 5.41) is 11.3. The molecule has 1 unspecified atom stereocenters. The number of hydrogen-bond acceptors (Lipinski definition) is 7. The summed E-state index contributed by atoms with van der Waals surface area (Å²) in [5.74, 6) is -0.238. The van der Waals surface area contributed by atoms with Crippen molar-refractivity contribution in [3.63, 3.8) is 0 Å². The number of rotatable bonds is 16. The number of aryl methyl sites for hydroxylation is 1. The van der Waals surface area contributed by atoms with E-state index < -0.39 is 24.0 Å². The molecule has 56 heavy (non-hydrogen) atoms. The second-order valence-corrected chi connectivity index (χ2v) is 14.1. The maximum Gasteiger partial charge on any atom is 0.321 e. The van der Waals surface area contributed by atoms with E-state index in [2.05, 4.69) is 38.3 Å². The van der Waals surface area contributed by atoms with Crippen LogP contribution in [0.3, 0.4) is 0 Å². The number of benzodiazepines with no additional fused rings is 1. The van der Waals surface area contributed by atoms with E-state index in [9.17, 15) is 19.2 Å². The van der Waals surface area contributed by atoms with Crippen LogP contribution >= 0.6 is 0 Å². The molecule has 6 rings (SSSR count). The fourth-order valence-corrected chi connectivity index (χ4v) is 6.89. The lowest BCUT2D eigenvalue weighted by Crippen LogP contribution is -2.51. The largest absolute Gasteiger partial charge is 0.494 e. The molecule has 2 aliphatic heterocycles. The van der Waals surface area contributed by atoms with Gasteiger partial charge in [-0.1, -0.05) is 79.2 Å². The van der Waals surface area contributed by atoms with Crippen molar-refractivity contribution >= 4 is 40.8 Å². The first-order chi connectivity index (χ1) is 27.3. The number of aliphatic imine (C=N–C) groups is 1. The number of para-hydroxylation sites is 1. The molecule has 1 saturated heterocycles. The molecule has 12 nitrogen and oxygen atoms in total. The zero-order valence-corrected chi connectivity index (χ0v) is 32.0. The van der Waals surface area contributed by atoms with Crippen molar-refractivity contribution in [1.82, 2.24) is 20.9 Å². The van der Waals surface area contributed by atoms with Crippen molar-refractivity contribution in [2.45, 2.75) is 58.2 Å². The molecule has 0 bridgehead atoms. The highest BCUT2D eigenvalue weighted by Gasteiger charge is 2.34. The van der Waals surface area contributed by atoms with E-state index in [1.807, 2.05) is 79.7 Å². The summed E-state index contributed by atoms with van der Waals surface area (Å²) in [7, 11) is 0. The summed E-state index contributed by atoms with van der Waals surface area (Å²) in [5.41, 5.74) is 5.18. The topological polar surface area (TPSA) is 144 Å². The minimum absolute atomic E-state index is 0.108. The van der Waals surface area contributed by atoms with E-state index in [0.717, 1.165) is 36.5 Å². The summed E-state index contributed by atoms with van der Waals surface area (Å²) in [6.07, 6.45) is 3.85. The van der Waals surface area contributed by atoms with Crippen LogP contribution in [0.5, 0.6) is 5.75 Å². The second-order valence-electron chi connectivity index (χ2n) is 14.1. The maximum atomic E-state index is 14.1. The van der Waals surface area contributed by atoms with Gasteiger partial charge < -0.3 is 26.0 Å². The fraction of sp³-hybridized carbons (Fsp3) is 0.341. The van der Waals surface area contributed by atoms with Crippen molar-refractivity contribution in [3.8, 4) is 5.75 Å². The standard InChI is InChI=1S/C44H51N7O5/c1-32-14-10-18-35(28-32)47-44(55)49-42-43(54)51(38-21-7-6-20-37(38)41(48-42)34-16-4-2-5-17-34)31-40(53)46-23-12-22-39(52)45-24-13-27-56-36-19-11-15-33(29-36)30-50-25-8-3-9-26-50/h2,4-7,10-11,14-21,28-29,42H,3,8-9,12-13,22-27,30-31H2,1H3,(H,45,52)(H,46,53)(H2,47,49,55). The molecule has 4 aromatic rings. The highest BCUT2D eigenvalue weighted by Crippen LogP contribution is 2.28. The summed E-state index contributed by atoms with van der Waals surface area (Å²) < 4.78 is 5.95. The van der Waals surface area contributed by atoms with E-state index in [-0.39, 0.29) is 25.4 Å². The van der Waals surface area contributed by atoms with Gasteiger partial charge >= 0.3 is 6.03 Å². The molecule has 2 heterocycles. The zero-order chi connectivity index (χ0) is 39.1. The fourth-order valence-electron chi connectivity index (χ4n) is 6.89. The first-order valence-corrected chi connectivity index (χ1v) is 19.5. The highest BCUT2D eigenvalue weighted by molar-refractivity contribution is 6.21. The van der Waals surface area contributed by atoms with E-state index in [1.165, 1.54) is 29.7 Å². The third kappa shape index (κ3) is 11.5. The number of piperidine rings is 1. The van der Waals surface area contributed by atoms with E-state index >= 15 is 0 Å². The first-order valence-electron chi connectivity index (χ1n) is 19.5. The SMILES string of the molecule is Cc1cccc(NC(=O)NC2N=C(c3ccccc3)c3ccccc3N(CC(=O)NCCCC(=O)NCCCOc3cccc(CN4CCCCC4)c3)C2=O)c1. The van der Waals surface area contributed by atoms with Gasteiger partial charge in [-0.25, -0.2) is 9.79 Å². The predicted molar refractivity (Wildman–Crippen MR) is 219 cm³/mol. The number of carbonyl (C=O) groups is 4. The van der Waals surface area contributed by atoms with Crippen molar-refractivity contribution < 1.29 is 23.9 Å². The lowest BCUT2D eigenvalue weighted by molar-refractivity contribution is -0.124. The smallest absolute Gasteiger partial charge is 0.321 e. The van der Waals surface area contributed by atoms with Gasteiger partial charge in [0.15, 0.2) is 0 Å². The minimum Gasteiger partial charge on any atom is -0.494 e. The Bertz CT molecular complexity index is 2000. The molecule has 0 aliphatic carbocycles. The normalized spacial score (nSPS) is 15.5. The molecule has 12 heteroatoms. The number of anilines is 2. The quantitative estimate of drug-likeness (QED) is 0.107. The predicted octanol–water partition coefficient (Wildman–Crippen LogP) is 5.79. The van der Waals surface area contributed by atoms with Gasteiger partial charge in [0, 0.05) is 42.9 Å². The van der Waals surface area contributed by atoms with Crippen molar-refractivity contribution in [2.75, 3.05) is 49.5 Å². The Morgan fingerprint density at radius 1 is 0.804 bits per heavy atom. The highest BCUT2D eigenvalue weighted by atomic mass is 16.5. The zero-order valence-electron chi connectivity index (χ0n) is 32.0. The molecule has 1 atom stereocenters.